The third-order valence-corrected chi connectivity index (χ3v) is 6.90. The first kappa shape index (κ1) is 25.9. The van der Waals surface area contributed by atoms with Gasteiger partial charge in [-0.2, -0.15) is 0 Å². The number of benzene rings is 2. The SMILES string of the molecule is COc1ccc(F)c(CNC(=O)CN2Cc3ccc(-c4nc(NC5CCOCC5)ncc4Cl)cc3C2=O)c1. The molecule has 3 aromatic rings. The molecular weight excluding hydrogens is 513 g/mol. The first-order valence-electron chi connectivity index (χ1n) is 12.3. The molecule has 2 N–H and O–H groups in total. The summed E-state index contributed by atoms with van der Waals surface area (Å²) in [6, 6.07) is 9.98. The standard InChI is InChI=1S/C27H27ClFN5O4/c1-37-20-4-5-23(29)18(10-20)12-30-24(35)15-34-14-17-3-2-16(11-21(17)26(34)36)25-22(28)13-31-27(33-25)32-19-6-8-38-9-7-19/h2-5,10-11,13,19H,6-9,12,14-15H2,1H3,(H,30,35)(H,31,32,33). The number of carbonyl (C=O) groups excluding carboxylic acids is 2. The molecule has 1 fully saturated rings. The Hall–Kier alpha value is -3.76. The molecule has 0 saturated carbocycles. The van der Waals surface area contributed by atoms with Crippen molar-refractivity contribution in [2.75, 3.05) is 32.2 Å². The van der Waals surface area contributed by atoms with Crippen LogP contribution in [0.2, 0.25) is 5.02 Å². The van der Waals surface area contributed by atoms with Crippen molar-refractivity contribution in [1.82, 2.24) is 20.2 Å². The number of rotatable bonds is 8. The molecule has 2 aromatic carbocycles. The highest BCUT2D eigenvalue weighted by Crippen LogP contribution is 2.31. The molecule has 0 radical (unpaired) electrons. The van der Waals surface area contributed by atoms with Gasteiger partial charge in [0.15, 0.2) is 0 Å². The van der Waals surface area contributed by atoms with Gasteiger partial charge in [-0.05, 0) is 42.7 Å². The molecule has 1 saturated heterocycles. The number of fused-ring (bicyclic) bond motifs is 1. The van der Waals surface area contributed by atoms with E-state index in [1.165, 1.54) is 30.2 Å². The highest BCUT2D eigenvalue weighted by Gasteiger charge is 2.29. The van der Waals surface area contributed by atoms with E-state index in [4.69, 9.17) is 21.1 Å². The van der Waals surface area contributed by atoms with Crippen LogP contribution >= 0.6 is 11.6 Å². The fraction of sp³-hybridized carbons (Fsp3) is 0.333. The fourth-order valence-corrected chi connectivity index (χ4v) is 4.74. The number of nitrogens with one attached hydrogen (secondary N) is 2. The van der Waals surface area contributed by atoms with Gasteiger partial charge >= 0.3 is 0 Å². The van der Waals surface area contributed by atoms with Crippen molar-refractivity contribution < 1.29 is 23.5 Å². The third-order valence-electron chi connectivity index (χ3n) is 6.62. The van der Waals surface area contributed by atoms with E-state index in [-0.39, 0.29) is 25.0 Å². The lowest BCUT2D eigenvalue weighted by atomic mass is 10.0. The summed E-state index contributed by atoms with van der Waals surface area (Å²) in [7, 11) is 1.49. The summed E-state index contributed by atoms with van der Waals surface area (Å²) >= 11 is 6.42. The maximum Gasteiger partial charge on any atom is 0.254 e. The molecule has 0 atom stereocenters. The van der Waals surface area contributed by atoms with Gasteiger partial charge in [-0.3, -0.25) is 9.59 Å². The minimum Gasteiger partial charge on any atom is -0.497 e. The Balaban J connectivity index is 1.25. The number of ether oxygens (including phenoxy) is 2. The summed E-state index contributed by atoms with van der Waals surface area (Å²) in [4.78, 5) is 36.0. The Morgan fingerprint density at radius 2 is 2.05 bits per heavy atom. The van der Waals surface area contributed by atoms with Crippen LogP contribution < -0.4 is 15.4 Å². The van der Waals surface area contributed by atoms with Crippen molar-refractivity contribution in [3.63, 3.8) is 0 Å². The van der Waals surface area contributed by atoms with E-state index in [0.29, 0.717) is 58.9 Å². The number of anilines is 1. The van der Waals surface area contributed by atoms with Crippen molar-refractivity contribution >= 4 is 29.4 Å². The summed E-state index contributed by atoms with van der Waals surface area (Å²) in [6.07, 6.45) is 3.28. The normalized spacial score (nSPS) is 15.3. The zero-order valence-electron chi connectivity index (χ0n) is 20.8. The number of halogens is 2. The number of hydrogen-bond acceptors (Lipinski definition) is 7. The topological polar surface area (TPSA) is 106 Å². The molecule has 2 aliphatic rings. The van der Waals surface area contributed by atoms with Gasteiger partial charge in [0.1, 0.15) is 18.1 Å². The van der Waals surface area contributed by atoms with Crippen LogP contribution in [0.25, 0.3) is 11.3 Å². The molecular formula is C27H27ClFN5O4. The molecule has 38 heavy (non-hydrogen) atoms. The summed E-state index contributed by atoms with van der Waals surface area (Å²) < 4.78 is 24.6. The number of nitrogens with zero attached hydrogens (tertiary/aromatic N) is 3. The average Bonchev–Trinajstić information content (AvgIpc) is 3.24. The lowest BCUT2D eigenvalue weighted by Gasteiger charge is -2.23. The van der Waals surface area contributed by atoms with Gasteiger partial charge in [0.05, 0.1) is 24.0 Å². The van der Waals surface area contributed by atoms with Crippen molar-refractivity contribution in [3.8, 4) is 17.0 Å². The molecule has 0 aliphatic carbocycles. The van der Waals surface area contributed by atoms with Crippen LogP contribution in [0.5, 0.6) is 5.75 Å². The van der Waals surface area contributed by atoms with Crippen molar-refractivity contribution in [1.29, 1.82) is 0 Å². The van der Waals surface area contributed by atoms with E-state index >= 15 is 0 Å². The average molecular weight is 540 g/mol. The highest BCUT2D eigenvalue weighted by molar-refractivity contribution is 6.33. The number of aromatic nitrogens is 2. The van der Waals surface area contributed by atoms with E-state index < -0.39 is 11.7 Å². The second-order valence-corrected chi connectivity index (χ2v) is 9.60. The molecule has 5 rings (SSSR count). The molecule has 2 aliphatic heterocycles. The minimum absolute atomic E-state index is 0.0164. The number of amides is 2. The van der Waals surface area contributed by atoms with Gasteiger partial charge < -0.3 is 25.0 Å². The highest BCUT2D eigenvalue weighted by atomic mass is 35.5. The van der Waals surface area contributed by atoms with Crippen LogP contribution in [0.15, 0.2) is 42.6 Å². The predicted molar refractivity (Wildman–Crippen MR) is 139 cm³/mol. The molecule has 1 aromatic heterocycles. The van der Waals surface area contributed by atoms with E-state index in [1.807, 2.05) is 12.1 Å². The maximum absolute atomic E-state index is 14.1. The summed E-state index contributed by atoms with van der Waals surface area (Å²) in [5, 5.41) is 6.37. The Labute approximate surface area is 224 Å². The van der Waals surface area contributed by atoms with Crippen LogP contribution in [0.3, 0.4) is 0 Å². The van der Waals surface area contributed by atoms with Gasteiger partial charge in [-0.1, -0.05) is 23.7 Å². The summed E-state index contributed by atoms with van der Waals surface area (Å²) in [6.45, 7) is 1.51. The monoisotopic (exact) mass is 539 g/mol. The quantitative estimate of drug-likeness (QED) is 0.448. The van der Waals surface area contributed by atoms with Gasteiger partial charge in [0, 0.05) is 49.0 Å². The van der Waals surface area contributed by atoms with Gasteiger partial charge in [-0.25, -0.2) is 14.4 Å². The van der Waals surface area contributed by atoms with Gasteiger partial charge in [-0.15, -0.1) is 0 Å². The smallest absolute Gasteiger partial charge is 0.254 e. The Morgan fingerprint density at radius 1 is 1.24 bits per heavy atom. The number of methoxy groups -OCH3 is 1. The van der Waals surface area contributed by atoms with Gasteiger partial charge in [0.2, 0.25) is 11.9 Å². The molecule has 11 heteroatoms. The summed E-state index contributed by atoms with van der Waals surface area (Å²) in [5.41, 5.74) is 2.78. The summed E-state index contributed by atoms with van der Waals surface area (Å²) in [5.74, 6) is -0.148. The zero-order chi connectivity index (χ0) is 26.6. The first-order valence-corrected chi connectivity index (χ1v) is 12.7. The molecule has 0 bridgehead atoms. The van der Waals surface area contributed by atoms with Crippen molar-refractivity contribution in [2.24, 2.45) is 0 Å². The van der Waals surface area contributed by atoms with E-state index in [2.05, 4.69) is 20.6 Å². The Bertz CT molecular complexity index is 1370. The number of hydrogen-bond donors (Lipinski definition) is 2. The van der Waals surface area contributed by atoms with Crippen molar-refractivity contribution in [3.05, 3.63) is 70.1 Å². The lowest BCUT2D eigenvalue weighted by Crippen LogP contribution is -2.37. The molecule has 0 spiro atoms. The van der Waals surface area contributed by atoms with E-state index in [9.17, 15) is 14.0 Å². The van der Waals surface area contributed by atoms with Crippen LogP contribution in [0.4, 0.5) is 10.3 Å². The van der Waals surface area contributed by atoms with Crippen LogP contribution in [0, 0.1) is 5.82 Å². The third kappa shape index (κ3) is 5.71. The van der Waals surface area contributed by atoms with E-state index in [0.717, 1.165) is 18.4 Å². The molecule has 2 amide bonds. The largest absolute Gasteiger partial charge is 0.497 e. The lowest BCUT2D eigenvalue weighted by molar-refractivity contribution is -0.122. The molecule has 3 heterocycles. The van der Waals surface area contributed by atoms with Crippen LogP contribution in [0.1, 0.15) is 34.3 Å². The number of carbonyl (C=O) groups is 2. The Kier molecular flexibility index (Phi) is 7.71. The van der Waals surface area contributed by atoms with Crippen molar-refractivity contribution in [2.45, 2.75) is 32.0 Å². The van der Waals surface area contributed by atoms with Crippen LogP contribution in [-0.2, 0) is 22.6 Å². The fourth-order valence-electron chi connectivity index (χ4n) is 4.54. The van der Waals surface area contributed by atoms with E-state index in [1.54, 1.807) is 12.3 Å². The predicted octanol–water partition coefficient (Wildman–Crippen LogP) is 3.81. The van der Waals surface area contributed by atoms with Gasteiger partial charge in [0.25, 0.3) is 5.91 Å². The maximum atomic E-state index is 14.1. The van der Waals surface area contributed by atoms with Crippen LogP contribution in [-0.4, -0.2) is 59.6 Å². The Morgan fingerprint density at radius 3 is 2.84 bits per heavy atom. The second-order valence-electron chi connectivity index (χ2n) is 9.19. The first-order chi connectivity index (χ1) is 18.4. The molecule has 9 nitrogen and oxygen atoms in total. The molecule has 0 unspecified atom stereocenters. The second kappa shape index (κ2) is 11.3. The molecule has 198 valence electrons. The zero-order valence-corrected chi connectivity index (χ0v) is 21.6. The minimum atomic E-state index is -0.446.